The van der Waals surface area contributed by atoms with Crippen molar-refractivity contribution in [2.75, 3.05) is 26.2 Å². The second-order valence-electron chi connectivity index (χ2n) is 5.74. The summed E-state index contributed by atoms with van der Waals surface area (Å²) in [4.78, 5) is 5.14. The molecule has 4 nitrogen and oxygen atoms in total. The maximum absolute atomic E-state index is 4.37. The summed E-state index contributed by atoms with van der Waals surface area (Å²) >= 11 is 1.79. The Balaban J connectivity index is 1.50. The quantitative estimate of drug-likeness (QED) is 0.849. The highest BCUT2D eigenvalue weighted by atomic mass is 32.1. The largest absolute Gasteiger partial charge is 0.298 e. The predicted molar refractivity (Wildman–Crippen MR) is 87.4 cm³/mol. The fraction of sp³-hybridized carbons (Fsp3) is 0.562. The predicted octanol–water partition coefficient (Wildman–Crippen LogP) is 2.67. The van der Waals surface area contributed by atoms with Crippen molar-refractivity contribution in [1.82, 2.24) is 19.6 Å². The summed E-state index contributed by atoms with van der Waals surface area (Å²) in [5.41, 5.74) is 2.79. The molecule has 0 amide bonds. The zero-order valence-electron chi connectivity index (χ0n) is 12.7. The lowest BCUT2D eigenvalue weighted by Gasteiger charge is -2.21. The molecule has 0 aromatic carbocycles. The van der Waals surface area contributed by atoms with Gasteiger partial charge in [-0.25, -0.2) is 0 Å². The second kappa shape index (κ2) is 7.20. The second-order valence-corrected chi connectivity index (χ2v) is 6.52. The number of rotatable bonds is 5. The lowest BCUT2D eigenvalue weighted by molar-refractivity contribution is 0.247. The van der Waals surface area contributed by atoms with Crippen LogP contribution < -0.4 is 0 Å². The molecule has 5 heteroatoms. The summed E-state index contributed by atoms with van der Waals surface area (Å²) in [5.74, 6) is 0. The summed E-state index contributed by atoms with van der Waals surface area (Å²) < 4.78 is 2.01. The lowest BCUT2D eigenvalue weighted by atomic mass is 10.3. The van der Waals surface area contributed by atoms with Crippen molar-refractivity contribution in [2.45, 2.75) is 33.0 Å². The maximum atomic E-state index is 4.37. The number of hydrogen-bond donors (Lipinski definition) is 0. The van der Waals surface area contributed by atoms with Crippen molar-refractivity contribution in [3.63, 3.8) is 0 Å². The highest BCUT2D eigenvalue weighted by Gasteiger charge is 2.15. The van der Waals surface area contributed by atoms with E-state index in [9.17, 15) is 0 Å². The Kier molecular flexibility index (Phi) is 5.06. The molecule has 0 spiro atoms. The SMILES string of the molecule is CCn1cc(CN2CCCN(Cc3ccsc3)CC2)cn1. The first-order valence-electron chi connectivity index (χ1n) is 7.80. The van der Waals surface area contributed by atoms with Gasteiger partial charge in [0.2, 0.25) is 0 Å². The Morgan fingerprint density at radius 3 is 2.48 bits per heavy atom. The van der Waals surface area contributed by atoms with Crippen LogP contribution in [-0.4, -0.2) is 45.8 Å². The van der Waals surface area contributed by atoms with Crippen molar-refractivity contribution < 1.29 is 0 Å². The highest BCUT2D eigenvalue weighted by molar-refractivity contribution is 7.07. The third-order valence-electron chi connectivity index (χ3n) is 4.08. The molecule has 0 atom stereocenters. The van der Waals surface area contributed by atoms with Crippen molar-refractivity contribution in [3.8, 4) is 0 Å². The van der Waals surface area contributed by atoms with Gasteiger partial charge in [0.05, 0.1) is 6.20 Å². The Hall–Kier alpha value is -1.17. The van der Waals surface area contributed by atoms with E-state index in [4.69, 9.17) is 0 Å². The molecule has 2 aromatic rings. The van der Waals surface area contributed by atoms with Gasteiger partial charge in [-0.15, -0.1) is 0 Å². The van der Waals surface area contributed by atoms with Gasteiger partial charge in [-0.05, 0) is 48.8 Å². The number of hydrogen-bond acceptors (Lipinski definition) is 4. The summed E-state index contributed by atoms with van der Waals surface area (Å²) in [6.45, 7) is 9.94. The minimum atomic E-state index is 0.953. The van der Waals surface area contributed by atoms with E-state index in [1.165, 1.54) is 30.6 Å². The van der Waals surface area contributed by atoms with E-state index in [2.05, 4.69) is 44.8 Å². The van der Waals surface area contributed by atoms with Gasteiger partial charge in [-0.1, -0.05) is 0 Å². The first-order valence-corrected chi connectivity index (χ1v) is 8.75. The number of thiophene rings is 1. The Bertz CT molecular complexity index is 534. The van der Waals surface area contributed by atoms with Crippen LogP contribution in [0.1, 0.15) is 24.5 Å². The van der Waals surface area contributed by atoms with Crippen LogP contribution in [0.4, 0.5) is 0 Å². The molecule has 114 valence electrons. The molecular formula is C16H24N4S. The number of aromatic nitrogens is 2. The maximum Gasteiger partial charge on any atom is 0.0534 e. The summed E-state index contributed by atoms with van der Waals surface area (Å²) in [7, 11) is 0. The van der Waals surface area contributed by atoms with Crippen LogP contribution in [0.25, 0.3) is 0 Å². The third kappa shape index (κ3) is 4.15. The van der Waals surface area contributed by atoms with Gasteiger partial charge in [-0.2, -0.15) is 16.4 Å². The van der Waals surface area contributed by atoms with E-state index in [1.54, 1.807) is 11.3 Å². The molecule has 1 saturated heterocycles. The lowest BCUT2D eigenvalue weighted by Crippen LogP contribution is -2.30. The molecule has 1 fully saturated rings. The molecular weight excluding hydrogens is 280 g/mol. The molecule has 21 heavy (non-hydrogen) atoms. The van der Waals surface area contributed by atoms with E-state index in [-0.39, 0.29) is 0 Å². The van der Waals surface area contributed by atoms with E-state index in [0.29, 0.717) is 0 Å². The molecule has 0 N–H and O–H groups in total. The van der Waals surface area contributed by atoms with Crippen LogP contribution in [0.3, 0.4) is 0 Å². The van der Waals surface area contributed by atoms with Crippen LogP contribution >= 0.6 is 11.3 Å². The first kappa shape index (κ1) is 14.8. The van der Waals surface area contributed by atoms with Gasteiger partial charge in [-0.3, -0.25) is 14.5 Å². The van der Waals surface area contributed by atoms with Gasteiger partial charge in [0.15, 0.2) is 0 Å². The molecule has 2 aromatic heterocycles. The topological polar surface area (TPSA) is 24.3 Å². The minimum Gasteiger partial charge on any atom is -0.298 e. The molecule has 3 rings (SSSR count). The Morgan fingerprint density at radius 1 is 1.10 bits per heavy atom. The molecule has 0 aliphatic carbocycles. The zero-order valence-corrected chi connectivity index (χ0v) is 13.6. The fourth-order valence-corrected chi connectivity index (χ4v) is 3.56. The first-order chi connectivity index (χ1) is 10.3. The number of nitrogens with zero attached hydrogens (tertiary/aromatic N) is 4. The standard InChI is InChI=1S/C16H24N4S/c1-2-20-13-16(10-17-20)12-19-6-3-5-18(7-8-19)11-15-4-9-21-14-15/h4,9-10,13-14H,2-3,5-8,11-12H2,1H3. The third-order valence-corrected chi connectivity index (χ3v) is 4.82. The minimum absolute atomic E-state index is 0.953. The molecule has 0 saturated carbocycles. The van der Waals surface area contributed by atoms with Crippen LogP contribution in [0.15, 0.2) is 29.2 Å². The van der Waals surface area contributed by atoms with Crippen LogP contribution in [0.2, 0.25) is 0 Å². The average molecular weight is 304 g/mol. The van der Waals surface area contributed by atoms with Gasteiger partial charge in [0, 0.05) is 44.5 Å². The van der Waals surface area contributed by atoms with Crippen molar-refractivity contribution in [2.24, 2.45) is 0 Å². The van der Waals surface area contributed by atoms with Gasteiger partial charge in [0.25, 0.3) is 0 Å². The monoisotopic (exact) mass is 304 g/mol. The smallest absolute Gasteiger partial charge is 0.0534 e. The molecule has 3 heterocycles. The highest BCUT2D eigenvalue weighted by Crippen LogP contribution is 2.13. The van der Waals surface area contributed by atoms with E-state index in [0.717, 1.165) is 32.7 Å². The van der Waals surface area contributed by atoms with E-state index >= 15 is 0 Å². The molecule has 1 aliphatic rings. The Morgan fingerprint density at radius 2 is 1.86 bits per heavy atom. The number of aryl methyl sites for hydroxylation is 1. The van der Waals surface area contributed by atoms with Crippen LogP contribution in [0, 0.1) is 0 Å². The van der Waals surface area contributed by atoms with Crippen molar-refractivity contribution >= 4 is 11.3 Å². The summed E-state index contributed by atoms with van der Waals surface area (Å²) in [6.07, 6.45) is 5.44. The van der Waals surface area contributed by atoms with Gasteiger partial charge >= 0.3 is 0 Å². The van der Waals surface area contributed by atoms with Crippen molar-refractivity contribution in [3.05, 3.63) is 40.3 Å². The van der Waals surface area contributed by atoms with Crippen LogP contribution in [-0.2, 0) is 19.6 Å². The normalized spacial score (nSPS) is 18.0. The fourth-order valence-electron chi connectivity index (χ4n) is 2.90. The average Bonchev–Trinajstić information content (AvgIpc) is 3.10. The zero-order chi connectivity index (χ0) is 14.5. The Labute approximate surface area is 131 Å². The van der Waals surface area contributed by atoms with Crippen LogP contribution in [0.5, 0.6) is 0 Å². The van der Waals surface area contributed by atoms with Crippen molar-refractivity contribution in [1.29, 1.82) is 0 Å². The van der Waals surface area contributed by atoms with Gasteiger partial charge in [0.1, 0.15) is 0 Å². The summed E-state index contributed by atoms with van der Waals surface area (Å²) in [6, 6.07) is 2.24. The molecule has 0 bridgehead atoms. The molecule has 1 aliphatic heterocycles. The van der Waals surface area contributed by atoms with Gasteiger partial charge < -0.3 is 0 Å². The molecule has 0 unspecified atom stereocenters. The van der Waals surface area contributed by atoms with E-state index in [1.807, 2.05) is 10.9 Å². The van der Waals surface area contributed by atoms with E-state index < -0.39 is 0 Å². The summed E-state index contributed by atoms with van der Waals surface area (Å²) in [5, 5.41) is 8.81. The molecule has 0 radical (unpaired) electrons.